The molecule has 1 aliphatic heterocycles. The summed E-state index contributed by atoms with van der Waals surface area (Å²) in [7, 11) is 1.63. The molecule has 0 aliphatic carbocycles. The Hall–Kier alpha value is -2.77. The highest BCUT2D eigenvalue weighted by molar-refractivity contribution is 7.15. The van der Waals surface area contributed by atoms with Gasteiger partial charge in [-0.05, 0) is 61.6 Å². The molecule has 0 saturated heterocycles. The maximum absolute atomic E-state index is 13.2. The maximum Gasteiger partial charge on any atom is 0.319 e. The minimum Gasteiger partial charge on any atom is -0.497 e. The predicted molar refractivity (Wildman–Crippen MR) is 140 cm³/mol. The number of amides is 2. The van der Waals surface area contributed by atoms with E-state index in [0.717, 1.165) is 50.3 Å². The first-order chi connectivity index (χ1) is 16.5. The number of thiophene rings is 1. The van der Waals surface area contributed by atoms with E-state index in [1.54, 1.807) is 7.11 Å². The zero-order valence-electron chi connectivity index (χ0n) is 20.6. The quantitative estimate of drug-likeness (QED) is 0.382. The molecule has 7 heteroatoms. The Kier molecular flexibility index (Phi) is 7.95. The number of carbonyl (C=O) groups is 1. The van der Waals surface area contributed by atoms with E-state index in [4.69, 9.17) is 4.74 Å². The van der Waals surface area contributed by atoms with Crippen molar-refractivity contribution in [3.8, 4) is 10.8 Å². The molecule has 0 saturated carbocycles. The van der Waals surface area contributed by atoms with E-state index < -0.39 is 0 Å². The van der Waals surface area contributed by atoms with Gasteiger partial charge in [-0.3, -0.25) is 4.90 Å². The molecule has 1 aromatic carbocycles. The number of likely N-dealkylation sites (N-methyl/N-ethyl adjacent to an activating group) is 1. The van der Waals surface area contributed by atoms with Crippen LogP contribution in [0.15, 0.2) is 48.8 Å². The fourth-order valence-electron chi connectivity index (χ4n) is 4.57. The number of rotatable bonds is 9. The van der Waals surface area contributed by atoms with Gasteiger partial charge < -0.3 is 19.9 Å². The van der Waals surface area contributed by atoms with Crippen molar-refractivity contribution >= 4 is 23.1 Å². The summed E-state index contributed by atoms with van der Waals surface area (Å²) < 4.78 is 7.51. The Morgan fingerprint density at radius 2 is 1.97 bits per heavy atom. The Bertz CT molecular complexity index is 1090. The Labute approximate surface area is 206 Å². The summed E-state index contributed by atoms with van der Waals surface area (Å²) >= 11 is 1.87. The molecular weight excluding hydrogens is 444 g/mol. The molecule has 2 N–H and O–H groups in total. The van der Waals surface area contributed by atoms with Crippen molar-refractivity contribution in [1.82, 2.24) is 14.8 Å². The van der Waals surface area contributed by atoms with Gasteiger partial charge in [-0.15, -0.1) is 11.3 Å². The van der Waals surface area contributed by atoms with E-state index in [2.05, 4.69) is 65.4 Å². The molecule has 3 aromatic rings. The van der Waals surface area contributed by atoms with Crippen molar-refractivity contribution in [1.29, 1.82) is 0 Å². The monoisotopic (exact) mass is 480 g/mol. The largest absolute Gasteiger partial charge is 0.497 e. The van der Waals surface area contributed by atoms with Gasteiger partial charge >= 0.3 is 6.03 Å². The number of ether oxygens (including phenoxy) is 1. The zero-order valence-corrected chi connectivity index (χ0v) is 21.5. The van der Waals surface area contributed by atoms with Crippen LogP contribution < -0.4 is 15.4 Å². The van der Waals surface area contributed by atoms with Gasteiger partial charge in [0.1, 0.15) is 10.8 Å². The lowest BCUT2D eigenvalue weighted by Gasteiger charge is -2.28. The molecule has 0 fully saturated rings. The molecule has 182 valence electrons. The second-order valence-corrected chi connectivity index (χ2v) is 10.4. The first-order valence-corrected chi connectivity index (χ1v) is 13.0. The van der Waals surface area contributed by atoms with Crippen LogP contribution in [0.1, 0.15) is 55.7 Å². The first kappa shape index (κ1) is 24.4. The Morgan fingerprint density at radius 3 is 2.68 bits per heavy atom. The highest BCUT2D eigenvalue weighted by atomic mass is 32.1. The van der Waals surface area contributed by atoms with Crippen LogP contribution in [-0.2, 0) is 13.0 Å². The molecule has 2 amide bonds. The summed E-state index contributed by atoms with van der Waals surface area (Å²) in [5, 5.41) is 7.56. The van der Waals surface area contributed by atoms with Crippen LogP contribution >= 0.6 is 11.3 Å². The van der Waals surface area contributed by atoms with Crippen LogP contribution in [0.5, 0.6) is 5.75 Å². The summed E-state index contributed by atoms with van der Waals surface area (Å²) in [5.74, 6) is 1.28. The SMILES string of the molecule is CCN1CCc2c(sc(-n3cccc3)c2C(CCC(C)C)NC(=O)Nc2cccc(OC)c2)C1. The first-order valence-electron chi connectivity index (χ1n) is 12.2. The predicted octanol–water partition coefficient (Wildman–Crippen LogP) is 6.22. The molecule has 4 rings (SSSR count). The maximum atomic E-state index is 13.2. The number of methoxy groups -OCH3 is 1. The third kappa shape index (κ3) is 5.65. The van der Waals surface area contributed by atoms with E-state index in [-0.39, 0.29) is 12.1 Å². The molecular formula is C27H36N4O2S. The number of nitrogens with zero attached hydrogens (tertiary/aromatic N) is 2. The molecule has 1 unspecified atom stereocenters. The third-order valence-corrected chi connectivity index (χ3v) is 7.70. The van der Waals surface area contributed by atoms with Crippen LogP contribution in [0.3, 0.4) is 0 Å². The second-order valence-electron chi connectivity index (χ2n) is 9.29. The Balaban J connectivity index is 1.66. The van der Waals surface area contributed by atoms with E-state index in [1.807, 2.05) is 35.6 Å². The van der Waals surface area contributed by atoms with Gasteiger partial charge in [0.2, 0.25) is 0 Å². The molecule has 0 bridgehead atoms. The number of hydrogen-bond acceptors (Lipinski definition) is 4. The number of urea groups is 1. The van der Waals surface area contributed by atoms with Gasteiger partial charge in [0, 0.05) is 47.7 Å². The van der Waals surface area contributed by atoms with Crippen molar-refractivity contribution in [2.75, 3.05) is 25.5 Å². The van der Waals surface area contributed by atoms with E-state index >= 15 is 0 Å². The van der Waals surface area contributed by atoms with Crippen LogP contribution in [0.4, 0.5) is 10.5 Å². The highest BCUT2D eigenvalue weighted by Crippen LogP contribution is 2.41. The molecule has 0 radical (unpaired) electrons. The number of fused-ring (bicyclic) bond motifs is 1. The number of carbonyl (C=O) groups excluding carboxylic acids is 1. The molecule has 1 aliphatic rings. The van der Waals surface area contributed by atoms with Crippen molar-refractivity contribution in [2.45, 2.75) is 52.6 Å². The van der Waals surface area contributed by atoms with Gasteiger partial charge in [0.25, 0.3) is 0 Å². The summed E-state index contributed by atoms with van der Waals surface area (Å²) in [4.78, 5) is 17.1. The number of benzene rings is 1. The topological polar surface area (TPSA) is 58.5 Å². The lowest BCUT2D eigenvalue weighted by atomic mass is 9.92. The smallest absolute Gasteiger partial charge is 0.319 e. The van der Waals surface area contributed by atoms with Crippen LogP contribution in [0.2, 0.25) is 0 Å². The van der Waals surface area contributed by atoms with Crippen LogP contribution in [0.25, 0.3) is 5.00 Å². The van der Waals surface area contributed by atoms with E-state index in [1.165, 1.54) is 21.0 Å². The molecule has 1 atom stereocenters. The highest BCUT2D eigenvalue weighted by Gasteiger charge is 2.30. The minimum absolute atomic E-state index is 0.0569. The van der Waals surface area contributed by atoms with E-state index in [9.17, 15) is 4.79 Å². The normalized spacial score (nSPS) is 14.6. The van der Waals surface area contributed by atoms with Crippen molar-refractivity contribution < 1.29 is 9.53 Å². The standard InChI is InChI=1S/C27H36N4O2S/c1-5-30-16-13-22-24(18-30)34-26(31-14-6-7-15-31)25(22)23(12-11-19(2)3)29-27(32)28-20-9-8-10-21(17-20)33-4/h6-10,14-15,17,19,23H,5,11-13,16,18H2,1-4H3,(H2,28,29,32). The molecule has 34 heavy (non-hydrogen) atoms. The second kappa shape index (κ2) is 11.1. The number of aromatic nitrogens is 1. The van der Waals surface area contributed by atoms with Crippen LogP contribution in [-0.4, -0.2) is 35.7 Å². The van der Waals surface area contributed by atoms with Crippen molar-refractivity contribution in [2.24, 2.45) is 5.92 Å². The number of nitrogens with one attached hydrogen (secondary N) is 2. The fraction of sp³-hybridized carbons (Fsp3) is 0.444. The average molecular weight is 481 g/mol. The Morgan fingerprint density at radius 1 is 1.18 bits per heavy atom. The summed E-state index contributed by atoms with van der Waals surface area (Å²) in [5.41, 5.74) is 3.43. The third-order valence-electron chi connectivity index (χ3n) is 6.46. The van der Waals surface area contributed by atoms with E-state index in [0.29, 0.717) is 5.92 Å². The van der Waals surface area contributed by atoms with Gasteiger partial charge in [0.15, 0.2) is 0 Å². The number of hydrogen-bond donors (Lipinski definition) is 2. The van der Waals surface area contributed by atoms with Crippen LogP contribution in [0, 0.1) is 5.92 Å². The molecule has 2 aromatic heterocycles. The van der Waals surface area contributed by atoms with Gasteiger partial charge in [-0.25, -0.2) is 4.79 Å². The van der Waals surface area contributed by atoms with Crippen molar-refractivity contribution in [3.05, 3.63) is 64.8 Å². The number of anilines is 1. The van der Waals surface area contributed by atoms with Gasteiger partial charge in [-0.1, -0.05) is 26.8 Å². The van der Waals surface area contributed by atoms with Gasteiger partial charge in [0.05, 0.1) is 13.2 Å². The summed E-state index contributed by atoms with van der Waals surface area (Å²) in [6, 6.07) is 11.3. The van der Waals surface area contributed by atoms with Crippen molar-refractivity contribution in [3.63, 3.8) is 0 Å². The molecule has 0 spiro atoms. The average Bonchev–Trinajstić information content (AvgIpc) is 3.49. The van der Waals surface area contributed by atoms with Gasteiger partial charge in [-0.2, -0.15) is 0 Å². The summed E-state index contributed by atoms with van der Waals surface area (Å²) in [6.45, 7) is 9.81. The summed E-state index contributed by atoms with van der Waals surface area (Å²) in [6.07, 6.45) is 7.18. The zero-order chi connectivity index (χ0) is 24.1. The lowest BCUT2D eigenvalue weighted by Crippen LogP contribution is -2.35. The minimum atomic E-state index is -0.189. The fourth-order valence-corrected chi connectivity index (χ4v) is 5.99. The molecule has 6 nitrogen and oxygen atoms in total. The molecule has 3 heterocycles. The lowest BCUT2D eigenvalue weighted by molar-refractivity contribution is 0.246.